The molecule has 0 amide bonds. The molecule has 0 N–H and O–H groups in total. The highest BCUT2D eigenvalue weighted by molar-refractivity contribution is 9.10. The Morgan fingerprint density at radius 1 is 0.911 bits per heavy atom. The average molecular weight is 692 g/mol. The summed E-state index contributed by atoms with van der Waals surface area (Å²) in [6.45, 7) is 10.2. The van der Waals surface area contributed by atoms with Crippen LogP contribution >= 0.6 is 15.9 Å². The lowest BCUT2D eigenvalue weighted by atomic mass is 9.97. The molecule has 0 aliphatic carbocycles. The molecule has 45 heavy (non-hydrogen) atoms. The number of ether oxygens (including phenoxy) is 1. The Morgan fingerprint density at radius 2 is 1.53 bits per heavy atom. The second kappa shape index (κ2) is 13.3. The number of alkyl halides is 2. The Labute approximate surface area is 274 Å². The lowest BCUT2D eigenvalue weighted by Crippen LogP contribution is -2.67. The van der Waals surface area contributed by atoms with Crippen LogP contribution in [-0.2, 0) is 22.1 Å². The van der Waals surface area contributed by atoms with Gasteiger partial charge in [0.05, 0.1) is 24.1 Å². The van der Waals surface area contributed by atoms with E-state index in [1.54, 1.807) is 13.3 Å². The van der Waals surface area contributed by atoms with E-state index in [9.17, 15) is 0 Å². The van der Waals surface area contributed by atoms with Gasteiger partial charge in [-0.3, -0.25) is 4.98 Å². The zero-order valence-electron chi connectivity index (χ0n) is 26.8. The summed E-state index contributed by atoms with van der Waals surface area (Å²) in [5, 5.41) is 2.31. The molecule has 236 valence electrons. The Hall–Kier alpha value is -3.17. The Kier molecular flexibility index (Phi) is 9.80. The van der Waals surface area contributed by atoms with Crippen LogP contribution in [0.5, 0.6) is 0 Å². The van der Waals surface area contributed by atoms with Gasteiger partial charge in [-0.25, -0.2) is 8.78 Å². The summed E-state index contributed by atoms with van der Waals surface area (Å²) in [4.78, 5) is 4.64. The molecule has 5 aromatic rings. The Bertz CT molecular complexity index is 1710. The molecule has 0 fully saturated rings. The molecule has 1 atom stereocenters. The number of aromatic nitrogens is 2. The van der Waals surface area contributed by atoms with Gasteiger partial charge in [0, 0.05) is 47.2 Å². The first-order chi connectivity index (χ1) is 21.4. The van der Waals surface area contributed by atoms with Crippen LogP contribution in [0.3, 0.4) is 0 Å². The third-order valence-corrected chi connectivity index (χ3v) is 14.1. The van der Waals surface area contributed by atoms with E-state index in [0.717, 1.165) is 37.0 Å². The molecular weight excluding hydrogens is 650 g/mol. The topological polar surface area (TPSA) is 36.3 Å². The van der Waals surface area contributed by atoms with Crippen molar-refractivity contribution < 1.29 is 17.9 Å². The van der Waals surface area contributed by atoms with Crippen molar-refractivity contribution in [3.8, 4) is 11.3 Å². The van der Waals surface area contributed by atoms with Gasteiger partial charge in [0.15, 0.2) is 0 Å². The summed E-state index contributed by atoms with van der Waals surface area (Å²) in [5.41, 5.74) is 3.71. The molecule has 2 heterocycles. The third kappa shape index (κ3) is 6.43. The fourth-order valence-corrected chi connectivity index (χ4v) is 11.5. The number of aryl methyl sites for hydroxylation is 1. The fourth-order valence-electron chi connectivity index (χ4n) is 6.55. The largest absolute Gasteiger partial charge is 0.401 e. The van der Waals surface area contributed by atoms with E-state index < -0.39 is 32.3 Å². The number of fused-ring (bicyclic) bond motifs is 1. The van der Waals surface area contributed by atoms with E-state index in [0.29, 0.717) is 17.8 Å². The number of halogens is 3. The van der Waals surface area contributed by atoms with Crippen molar-refractivity contribution in [2.75, 3.05) is 13.7 Å². The van der Waals surface area contributed by atoms with Crippen molar-refractivity contribution in [2.45, 2.75) is 64.6 Å². The second-order valence-electron chi connectivity index (χ2n) is 12.5. The van der Waals surface area contributed by atoms with Crippen LogP contribution in [0.15, 0.2) is 102 Å². The highest BCUT2D eigenvalue weighted by Crippen LogP contribution is 2.42. The van der Waals surface area contributed by atoms with Crippen LogP contribution in [0.4, 0.5) is 8.78 Å². The van der Waals surface area contributed by atoms with E-state index in [2.05, 4.69) is 46.3 Å². The quantitative estimate of drug-likeness (QED) is 0.130. The SMILES string of the molecule is CCn1c(-c2cccnc2[C@H](C)OC)c(CC(F)(F)CO[Si](c2ccccc2)(c2ccccc2)C(C)(C)C)c2cc(Br)ccc21. The van der Waals surface area contributed by atoms with Gasteiger partial charge >= 0.3 is 0 Å². The standard InChI is InChI=1S/C37H41BrF2N2O2Si/c1-7-42-33-21-20-27(38)23-31(33)32(35(42)30-19-14-22-41-34(30)26(2)43-6)24-37(39,40)25-44-45(36(3,4)5,28-15-10-8-11-16-28)29-17-12-9-13-18-29/h8-23,26H,7,24-25H2,1-6H3/t26-/m0/s1. The lowest BCUT2D eigenvalue weighted by molar-refractivity contribution is -0.0427. The first-order valence-corrected chi connectivity index (χ1v) is 18.0. The van der Waals surface area contributed by atoms with Crippen molar-refractivity contribution in [1.82, 2.24) is 9.55 Å². The molecule has 0 aliphatic heterocycles. The van der Waals surface area contributed by atoms with Crippen LogP contribution in [-0.4, -0.2) is 37.5 Å². The van der Waals surface area contributed by atoms with Gasteiger partial charge in [0.1, 0.15) is 0 Å². The van der Waals surface area contributed by atoms with Crippen molar-refractivity contribution in [3.63, 3.8) is 0 Å². The first kappa shape index (κ1) is 33.2. The minimum Gasteiger partial charge on any atom is -0.401 e. The molecular formula is C37H41BrF2N2O2Si. The number of hydrogen-bond donors (Lipinski definition) is 0. The minimum absolute atomic E-state index is 0.317. The Balaban J connectivity index is 1.64. The predicted octanol–water partition coefficient (Wildman–Crippen LogP) is 8.95. The van der Waals surface area contributed by atoms with Crippen LogP contribution in [0, 0.1) is 0 Å². The summed E-state index contributed by atoms with van der Waals surface area (Å²) in [6, 6.07) is 29.5. The number of rotatable bonds is 11. The molecule has 3 aromatic carbocycles. The smallest absolute Gasteiger partial charge is 0.273 e. The van der Waals surface area contributed by atoms with Gasteiger partial charge in [0.25, 0.3) is 14.2 Å². The molecule has 0 radical (unpaired) electrons. The van der Waals surface area contributed by atoms with E-state index in [-0.39, 0.29) is 6.10 Å². The van der Waals surface area contributed by atoms with E-state index >= 15 is 8.78 Å². The summed E-state index contributed by atoms with van der Waals surface area (Å²) in [5.74, 6) is -3.17. The van der Waals surface area contributed by atoms with Gasteiger partial charge in [-0.05, 0) is 65.2 Å². The summed E-state index contributed by atoms with van der Waals surface area (Å²) in [7, 11) is -1.53. The van der Waals surface area contributed by atoms with Gasteiger partial charge in [0.2, 0.25) is 0 Å². The molecule has 0 saturated heterocycles. The van der Waals surface area contributed by atoms with E-state index in [1.807, 2.05) is 105 Å². The van der Waals surface area contributed by atoms with Crippen LogP contribution < -0.4 is 10.4 Å². The summed E-state index contributed by atoms with van der Waals surface area (Å²) in [6.07, 6.45) is 0.912. The normalized spacial score (nSPS) is 13.4. The number of benzene rings is 3. The first-order valence-electron chi connectivity index (χ1n) is 15.3. The zero-order chi connectivity index (χ0) is 32.4. The number of pyridine rings is 1. The van der Waals surface area contributed by atoms with E-state index in [1.165, 1.54) is 0 Å². The highest BCUT2D eigenvalue weighted by Gasteiger charge is 2.52. The van der Waals surface area contributed by atoms with Gasteiger partial charge in [-0.1, -0.05) is 97.4 Å². The van der Waals surface area contributed by atoms with Gasteiger partial charge < -0.3 is 13.7 Å². The van der Waals surface area contributed by atoms with Gasteiger partial charge in [-0.15, -0.1) is 0 Å². The highest BCUT2D eigenvalue weighted by atomic mass is 79.9. The Morgan fingerprint density at radius 3 is 2.09 bits per heavy atom. The van der Waals surface area contributed by atoms with Crippen LogP contribution in [0.25, 0.3) is 22.2 Å². The number of hydrogen-bond acceptors (Lipinski definition) is 3. The van der Waals surface area contributed by atoms with E-state index in [4.69, 9.17) is 9.16 Å². The maximum absolute atomic E-state index is 16.7. The minimum atomic E-state index is -3.17. The molecule has 0 unspecified atom stereocenters. The fraction of sp³-hybridized carbons (Fsp3) is 0.324. The average Bonchev–Trinajstić information content (AvgIpc) is 3.32. The number of methoxy groups -OCH3 is 1. The molecule has 0 spiro atoms. The summed E-state index contributed by atoms with van der Waals surface area (Å²) >= 11 is 3.59. The molecule has 4 nitrogen and oxygen atoms in total. The molecule has 0 bridgehead atoms. The van der Waals surface area contributed by atoms with Gasteiger partial charge in [-0.2, -0.15) is 0 Å². The monoisotopic (exact) mass is 690 g/mol. The molecule has 0 aliphatic rings. The third-order valence-electron chi connectivity index (χ3n) is 8.63. The van der Waals surface area contributed by atoms with Crippen molar-refractivity contribution >= 4 is 45.5 Å². The molecule has 2 aromatic heterocycles. The van der Waals surface area contributed by atoms with Crippen molar-refractivity contribution in [1.29, 1.82) is 0 Å². The lowest BCUT2D eigenvalue weighted by Gasteiger charge is -2.43. The van der Waals surface area contributed by atoms with Crippen LogP contribution in [0.1, 0.15) is 52.0 Å². The molecule has 0 saturated carbocycles. The zero-order valence-corrected chi connectivity index (χ0v) is 29.4. The van der Waals surface area contributed by atoms with Crippen molar-refractivity contribution in [2.24, 2.45) is 0 Å². The summed E-state index contributed by atoms with van der Waals surface area (Å²) < 4.78 is 48.7. The molecule has 8 heteroatoms. The van der Waals surface area contributed by atoms with Crippen LogP contribution in [0.2, 0.25) is 5.04 Å². The maximum Gasteiger partial charge on any atom is 0.273 e. The number of nitrogens with zero attached hydrogens (tertiary/aromatic N) is 2. The molecule has 5 rings (SSSR count). The van der Waals surface area contributed by atoms with Crippen molar-refractivity contribution in [3.05, 3.63) is 113 Å². The maximum atomic E-state index is 16.7. The predicted molar refractivity (Wildman–Crippen MR) is 186 cm³/mol. The second-order valence-corrected chi connectivity index (χ2v) is 17.8.